The summed E-state index contributed by atoms with van der Waals surface area (Å²) in [6.07, 6.45) is 1.65. The van der Waals surface area contributed by atoms with Gasteiger partial charge in [-0.15, -0.1) is 0 Å². The Labute approximate surface area is 118 Å². The van der Waals surface area contributed by atoms with E-state index in [4.69, 9.17) is 11.5 Å². The van der Waals surface area contributed by atoms with E-state index in [1.165, 1.54) is 0 Å². The number of pyridine rings is 1. The van der Waals surface area contributed by atoms with E-state index >= 15 is 0 Å². The normalized spacial score (nSPS) is 10.2. The summed E-state index contributed by atoms with van der Waals surface area (Å²) in [6, 6.07) is 13.3. The summed E-state index contributed by atoms with van der Waals surface area (Å²) in [7, 11) is 0. The number of benzene rings is 1. The van der Waals surface area contributed by atoms with Crippen LogP contribution in [0.1, 0.15) is 15.9 Å². The molecule has 0 spiro atoms. The molecule has 4 N–H and O–H groups in total. The zero-order chi connectivity index (χ0) is 14.4. The summed E-state index contributed by atoms with van der Waals surface area (Å²) in [5, 5.41) is 0. The zero-order valence-corrected chi connectivity index (χ0v) is 11.2. The van der Waals surface area contributed by atoms with Gasteiger partial charge in [0.1, 0.15) is 5.82 Å². The molecule has 0 radical (unpaired) electrons. The summed E-state index contributed by atoms with van der Waals surface area (Å²) >= 11 is 0. The molecule has 1 aromatic heterocycles. The first-order valence-electron chi connectivity index (χ1n) is 6.46. The number of aromatic nitrogens is 1. The Balaban J connectivity index is 2.31. The molecule has 104 valence electrons. The number of carbonyl (C=O) groups excluding carboxylic acids is 1. The van der Waals surface area contributed by atoms with Crippen LogP contribution in [0, 0.1) is 0 Å². The summed E-state index contributed by atoms with van der Waals surface area (Å²) in [4.78, 5) is 17.8. The molecule has 20 heavy (non-hydrogen) atoms. The van der Waals surface area contributed by atoms with E-state index in [1.807, 2.05) is 35.2 Å². The molecule has 0 aliphatic heterocycles. The Bertz CT molecular complexity index is 571. The van der Waals surface area contributed by atoms with Gasteiger partial charge in [0.15, 0.2) is 0 Å². The third-order valence-electron chi connectivity index (χ3n) is 2.97. The summed E-state index contributed by atoms with van der Waals surface area (Å²) in [6.45, 7) is 1.71. The highest BCUT2D eigenvalue weighted by atomic mass is 16.1. The second kappa shape index (κ2) is 6.68. The molecule has 0 bridgehead atoms. The molecule has 5 nitrogen and oxygen atoms in total. The predicted molar refractivity (Wildman–Crippen MR) is 79.3 cm³/mol. The summed E-state index contributed by atoms with van der Waals surface area (Å²) < 4.78 is 0. The van der Waals surface area contributed by atoms with Crippen LogP contribution >= 0.6 is 0 Å². The highest BCUT2D eigenvalue weighted by molar-refractivity contribution is 5.97. The van der Waals surface area contributed by atoms with Crippen molar-refractivity contribution in [3.8, 4) is 0 Å². The lowest BCUT2D eigenvalue weighted by Gasteiger charge is -2.24. The van der Waals surface area contributed by atoms with Crippen molar-refractivity contribution < 1.29 is 4.79 Å². The highest BCUT2D eigenvalue weighted by Crippen LogP contribution is 2.18. The van der Waals surface area contributed by atoms with Crippen molar-refractivity contribution in [2.75, 3.05) is 18.0 Å². The maximum Gasteiger partial charge on any atom is 0.252 e. The largest absolute Gasteiger partial charge is 0.365 e. The van der Waals surface area contributed by atoms with Crippen molar-refractivity contribution in [1.82, 2.24) is 4.98 Å². The lowest BCUT2D eigenvalue weighted by Crippen LogP contribution is -2.31. The molecule has 1 aromatic carbocycles. The first-order chi connectivity index (χ1) is 9.72. The van der Waals surface area contributed by atoms with Crippen LogP contribution in [0.25, 0.3) is 0 Å². The van der Waals surface area contributed by atoms with Crippen LogP contribution in [0.2, 0.25) is 0 Å². The molecule has 0 saturated carbocycles. The monoisotopic (exact) mass is 270 g/mol. The van der Waals surface area contributed by atoms with Crippen LogP contribution in [-0.4, -0.2) is 24.0 Å². The van der Waals surface area contributed by atoms with E-state index in [9.17, 15) is 4.79 Å². The average Bonchev–Trinajstić information content (AvgIpc) is 2.48. The molecule has 0 aliphatic rings. The fourth-order valence-corrected chi connectivity index (χ4v) is 2.06. The lowest BCUT2D eigenvalue weighted by atomic mass is 10.2. The van der Waals surface area contributed by atoms with Gasteiger partial charge in [0.2, 0.25) is 0 Å². The second-order valence-corrected chi connectivity index (χ2v) is 4.43. The van der Waals surface area contributed by atoms with Crippen LogP contribution in [-0.2, 0) is 6.54 Å². The Morgan fingerprint density at radius 3 is 2.55 bits per heavy atom. The number of rotatable bonds is 6. The minimum Gasteiger partial charge on any atom is -0.365 e. The van der Waals surface area contributed by atoms with Crippen molar-refractivity contribution in [1.29, 1.82) is 0 Å². The van der Waals surface area contributed by atoms with E-state index in [1.54, 1.807) is 18.3 Å². The van der Waals surface area contributed by atoms with E-state index in [0.717, 1.165) is 5.56 Å². The Morgan fingerprint density at radius 2 is 1.90 bits per heavy atom. The topological polar surface area (TPSA) is 85.2 Å². The predicted octanol–water partition coefficient (Wildman–Crippen LogP) is 1.15. The van der Waals surface area contributed by atoms with Crippen molar-refractivity contribution in [3.05, 3.63) is 59.8 Å². The highest BCUT2D eigenvalue weighted by Gasteiger charge is 2.15. The van der Waals surface area contributed by atoms with E-state index in [2.05, 4.69) is 4.98 Å². The van der Waals surface area contributed by atoms with Gasteiger partial charge < -0.3 is 16.4 Å². The molecule has 2 rings (SSSR count). The molecule has 5 heteroatoms. The molecule has 0 atom stereocenters. The summed E-state index contributed by atoms with van der Waals surface area (Å²) in [5.74, 6) is 0.0949. The maximum atomic E-state index is 11.5. The molecule has 0 aliphatic carbocycles. The van der Waals surface area contributed by atoms with E-state index in [0.29, 0.717) is 31.0 Å². The molecule has 2 aromatic rings. The van der Waals surface area contributed by atoms with Crippen molar-refractivity contribution in [3.63, 3.8) is 0 Å². The molecule has 1 amide bonds. The van der Waals surface area contributed by atoms with Crippen molar-refractivity contribution in [2.24, 2.45) is 11.5 Å². The number of nitrogens with two attached hydrogens (primary N) is 2. The first-order valence-corrected chi connectivity index (χ1v) is 6.46. The Kier molecular flexibility index (Phi) is 4.68. The number of carbonyl (C=O) groups is 1. The molecule has 0 unspecified atom stereocenters. The molecule has 0 saturated heterocycles. The minimum absolute atomic E-state index is 0.414. The molecule has 1 heterocycles. The van der Waals surface area contributed by atoms with Crippen LogP contribution in [0.4, 0.5) is 5.82 Å². The first kappa shape index (κ1) is 14.0. The number of hydrogen-bond acceptors (Lipinski definition) is 4. The van der Waals surface area contributed by atoms with Gasteiger partial charge in [-0.1, -0.05) is 30.3 Å². The van der Waals surface area contributed by atoms with Gasteiger partial charge >= 0.3 is 0 Å². The van der Waals surface area contributed by atoms with Crippen LogP contribution in [0.15, 0.2) is 48.7 Å². The maximum absolute atomic E-state index is 11.5. The SMILES string of the molecule is NCCN(Cc1ccccc1)c1ncccc1C(N)=O. The van der Waals surface area contributed by atoms with Crippen molar-refractivity contribution in [2.45, 2.75) is 6.54 Å². The fourth-order valence-electron chi connectivity index (χ4n) is 2.06. The smallest absolute Gasteiger partial charge is 0.252 e. The van der Waals surface area contributed by atoms with E-state index in [-0.39, 0.29) is 0 Å². The quantitative estimate of drug-likeness (QED) is 0.824. The standard InChI is InChI=1S/C15H18N4O/c16-8-10-19(11-12-5-2-1-3-6-12)15-13(14(17)20)7-4-9-18-15/h1-7,9H,8,10-11,16H2,(H2,17,20). The van der Waals surface area contributed by atoms with Gasteiger partial charge in [-0.3, -0.25) is 4.79 Å². The third kappa shape index (κ3) is 3.33. The summed E-state index contributed by atoms with van der Waals surface area (Å²) in [5.41, 5.74) is 12.6. The number of anilines is 1. The second-order valence-electron chi connectivity index (χ2n) is 4.43. The average molecular weight is 270 g/mol. The van der Waals surface area contributed by atoms with Gasteiger partial charge in [-0.25, -0.2) is 4.98 Å². The molecular formula is C15H18N4O. The zero-order valence-electron chi connectivity index (χ0n) is 11.2. The van der Waals surface area contributed by atoms with Gasteiger partial charge in [0.05, 0.1) is 5.56 Å². The Morgan fingerprint density at radius 1 is 1.15 bits per heavy atom. The lowest BCUT2D eigenvalue weighted by molar-refractivity contribution is 0.100. The van der Waals surface area contributed by atoms with Crippen LogP contribution in [0.3, 0.4) is 0 Å². The Hall–Kier alpha value is -2.40. The number of primary amides is 1. The number of nitrogens with zero attached hydrogens (tertiary/aromatic N) is 2. The van der Waals surface area contributed by atoms with Crippen LogP contribution < -0.4 is 16.4 Å². The number of hydrogen-bond donors (Lipinski definition) is 2. The van der Waals surface area contributed by atoms with Crippen LogP contribution in [0.5, 0.6) is 0 Å². The van der Waals surface area contributed by atoms with E-state index < -0.39 is 5.91 Å². The van der Waals surface area contributed by atoms with Gasteiger partial charge in [0, 0.05) is 25.8 Å². The van der Waals surface area contributed by atoms with Gasteiger partial charge in [-0.2, -0.15) is 0 Å². The molecule has 0 fully saturated rings. The fraction of sp³-hybridized carbons (Fsp3) is 0.200. The van der Waals surface area contributed by atoms with Gasteiger partial charge in [0.25, 0.3) is 5.91 Å². The van der Waals surface area contributed by atoms with Gasteiger partial charge in [-0.05, 0) is 17.7 Å². The number of amides is 1. The minimum atomic E-state index is -0.483. The third-order valence-corrected chi connectivity index (χ3v) is 2.97. The van der Waals surface area contributed by atoms with Crippen molar-refractivity contribution >= 4 is 11.7 Å². The molecular weight excluding hydrogens is 252 g/mol.